The van der Waals surface area contributed by atoms with Gasteiger partial charge in [-0.3, -0.25) is 13.7 Å². The smallest absolute Gasteiger partial charge is 0.296 e. The lowest BCUT2D eigenvalue weighted by atomic mass is 10.1. The first-order valence-electron chi connectivity index (χ1n) is 27.9. The second kappa shape index (κ2) is 28.7. The van der Waals surface area contributed by atoms with Crippen LogP contribution >= 0.6 is 35.4 Å². The van der Waals surface area contributed by atoms with Gasteiger partial charge in [0.25, 0.3) is 30.4 Å². The van der Waals surface area contributed by atoms with Crippen molar-refractivity contribution in [3.05, 3.63) is 150 Å². The normalized spacial score (nSPS) is 12.5. The van der Waals surface area contributed by atoms with Crippen LogP contribution < -0.4 is 14.8 Å². The molecule has 0 atom stereocenters. The van der Waals surface area contributed by atoms with Crippen LogP contribution in [-0.2, 0) is 49.1 Å². The molecule has 0 saturated heterocycles. The van der Waals surface area contributed by atoms with Gasteiger partial charge in [-0.2, -0.15) is 35.5 Å². The van der Waals surface area contributed by atoms with Crippen molar-refractivity contribution in [3.8, 4) is 39.3 Å². The molecule has 0 spiro atoms. The molecule has 11 rings (SSSR count). The van der Waals surface area contributed by atoms with E-state index in [0.29, 0.717) is 84.0 Å². The monoisotopic (exact) mass is 1450 g/mol. The van der Waals surface area contributed by atoms with Crippen LogP contribution in [0.25, 0.3) is 53.1 Å². The summed E-state index contributed by atoms with van der Waals surface area (Å²) in [6.45, 7) is 4.28. The highest BCUT2D eigenvalue weighted by Crippen LogP contribution is 2.49. The van der Waals surface area contributed by atoms with Crippen LogP contribution in [0.5, 0.6) is 28.7 Å². The number of phenolic OH excluding ortho intramolecular Hbond substituents is 3. The predicted molar refractivity (Wildman–Crippen MR) is 359 cm³/mol. The number of hydrogen-bond acceptors (Lipinski definition) is 31. The van der Waals surface area contributed by atoms with Crippen molar-refractivity contribution in [1.29, 1.82) is 0 Å². The summed E-state index contributed by atoms with van der Waals surface area (Å²) in [7, 11) is -13.1. The fourth-order valence-electron chi connectivity index (χ4n) is 10.0. The molecule has 0 aliphatic rings. The summed E-state index contributed by atoms with van der Waals surface area (Å²) in [5.74, 6) is -1.27. The van der Waals surface area contributed by atoms with E-state index in [1.807, 2.05) is 0 Å². The largest absolute Gasteiger partial charge is 0.507 e. The number of aliphatic hydroxyl groups is 1. The lowest BCUT2D eigenvalue weighted by molar-refractivity contribution is -0.432. The number of benzene rings is 10. The van der Waals surface area contributed by atoms with E-state index in [1.165, 1.54) is 55.6 Å². The van der Waals surface area contributed by atoms with E-state index in [9.17, 15) is 59.3 Å². The van der Waals surface area contributed by atoms with Crippen LogP contribution in [0.4, 0.5) is 56.9 Å². The number of fused-ring (bicyclic) bond motifs is 4. The molecule has 11 aromatic rings. The number of aryl methyl sites for hydroxylation is 3. The topological polar surface area (TPSA) is 464 Å². The molecular formula is C61H48N10O21S6. The van der Waals surface area contributed by atoms with Gasteiger partial charge in [0.1, 0.15) is 61.4 Å². The van der Waals surface area contributed by atoms with Gasteiger partial charge in [-0.15, -0.1) is 50.7 Å². The van der Waals surface area contributed by atoms with Gasteiger partial charge in [0, 0.05) is 44.7 Å². The summed E-state index contributed by atoms with van der Waals surface area (Å²) in [5.41, 5.74) is 3.14. The first-order valence-corrected chi connectivity index (χ1v) is 34.5. The van der Waals surface area contributed by atoms with Gasteiger partial charge in [-0.05, 0) is 169 Å². The quantitative estimate of drug-likeness (QED) is 0.00883. The van der Waals surface area contributed by atoms with E-state index in [4.69, 9.17) is 24.3 Å². The molecule has 37 heteroatoms. The number of aliphatic hydroxyl groups excluding tert-OH is 1. The molecule has 0 aliphatic heterocycles. The van der Waals surface area contributed by atoms with E-state index in [2.05, 4.69) is 65.6 Å². The zero-order chi connectivity index (χ0) is 70.0. The molecule has 0 amide bonds. The Labute approximate surface area is 566 Å². The number of azo groups is 4. The standard InChI is InChI=1S/C61H48N10O21S6/c1-29-5-14-43-59(60(29)98(84,85)86)93-61(63-43)32-6-8-36(9-7-32)64-67-47-18-31(3)45(28-51(47)88-16-15-72)66-71-56-53(97(81,82)83)24-34-20-38(11-13-42(34)58(56)75)62-37-10-12-41-33(19-37)23-52(95-92-90-77)55(57(41)74)70-68-46-17-30(2)44(27-50(46)87-4)65-69-48-26-40(96(78,79)80)22-35-21-39(94-91-89-76)25-49(73)54(35)48/h5-14,17-28,62,72-77H,15-16H2,1-4H3,(H,78,79,80)(H,81,82,83)(H,84,85,86). The Morgan fingerprint density at radius 2 is 1.14 bits per heavy atom. The molecule has 0 unspecified atom stereocenters. The molecule has 0 aliphatic carbocycles. The highest BCUT2D eigenvalue weighted by Gasteiger charge is 2.26. The minimum Gasteiger partial charge on any atom is -0.507 e. The first kappa shape index (κ1) is 69.6. The number of anilines is 2. The molecule has 0 fully saturated rings. The summed E-state index contributed by atoms with van der Waals surface area (Å²) in [5, 5.41) is 108. The van der Waals surface area contributed by atoms with Crippen LogP contribution in [0, 0.1) is 20.8 Å². The van der Waals surface area contributed by atoms with Crippen molar-refractivity contribution in [2.45, 2.75) is 45.2 Å². The average molecular weight is 1450 g/mol. The minimum atomic E-state index is -5.10. The van der Waals surface area contributed by atoms with Crippen molar-refractivity contribution in [2.75, 3.05) is 25.6 Å². The van der Waals surface area contributed by atoms with Crippen molar-refractivity contribution in [3.63, 3.8) is 0 Å². The van der Waals surface area contributed by atoms with Crippen molar-refractivity contribution >= 4 is 165 Å². The van der Waals surface area contributed by atoms with Crippen LogP contribution in [0.15, 0.2) is 199 Å². The molecule has 0 saturated carbocycles. The maximum Gasteiger partial charge on any atom is 0.296 e. The van der Waals surface area contributed by atoms with Crippen molar-refractivity contribution < 1.29 is 98.1 Å². The van der Waals surface area contributed by atoms with Gasteiger partial charge in [0.2, 0.25) is 0 Å². The molecule has 0 radical (unpaired) electrons. The number of ether oxygens (including phenoxy) is 2. The fraction of sp³-hybridized carbons (Fsp3) is 0.0984. The highest BCUT2D eigenvalue weighted by atomic mass is 32.2. The molecule has 10 aromatic carbocycles. The van der Waals surface area contributed by atoms with Gasteiger partial charge in [-0.1, -0.05) is 16.1 Å². The van der Waals surface area contributed by atoms with Crippen LogP contribution in [0.3, 0.4) is 0 Å². The number of thiazole rings is 1. The number of phenols is 3. The Balaban J connectivity index is 0.830. The summed E-state index contributed by atoms with van der Waals surface area (Å²) < 4.78 is 126. The number of hydrogen-bond donors (Lipinski definition) is 10. The molecule has 31 nitrogen and oxygen atoms in total. The van der Waals surface area contributed by atoms with E-state index >= 15 is 0 Å². The SMILES string of the molecule is COc1cc(N=Nc2cc(S(=O)(=O)O)cc3cc(SOOO)cc(O)c23)c(C)cc1N=Nc1c(SOOO)cc2cc(Nc3ccc4c(O)c(N=Nc5cc(OCCO)c(N=Nc6ccc(-c7nc8ccc(C)c(S(=O)(=O)O)c8s7)cc6)cc5C)c(S(=O)(=O)O)cc4c3)ccc2c1O. The zero-order valence-corrected chi connectivity index (χ0v) is 55.4. The summed E-state index contributed by atoms with van der Waals surface area (Å²) >= 11 is 2.05. The maximum absolute atomic E-state index is 13.0. The number of methoxy groups -OCH3 is 1. The van der Waals surface area contributed by atoms with E-state index in [-0.39, 0.29) is 100 Å². The third-order valence-corrected chi connectivity index (χ3v) is 19.7. The van der Waals surface area contributed by atoms with Crippen LogP contribution in [-0.4, -0.2) is 95.2 Å². The van der Waals surface area contributed by atoms with Gasteiger partial charge < -0.3 is 35.2 Å². The van der Waals surface area contributed by atoms with Crippen LogP contribution in [0.2, 0.25) is 0 Å². The molecular weight excluding hydrogens is 1400 g/mol. The number of aromatic hydroxyl groups is 3. The van der Waals surface area contributed by atoms with Crippen LogP contribution in [0.1, 0.15) is 16.7 Å². The van der Waals surface area contributed by atoms with Gasteiger partial charge in [0.15, 0.2) is 11.5 Å². The van der Waals surface area contributed by atoms with Gasteiger partial charge in [0.05, 0.1) is 85.9 Å². The van der Waals surface area contributed by atoms with Gasteiger partial charge >= 0.3 is 0 Å². The third kappa shape index (κ3) is 15.2. The maximum atomic E-state index is 13.0. The molecule has 10 N–H and O–H groups in total. The summed E-state index contributed by atoms with van der Waals surface area (Å²) in [6.07, 6.45) is 0. The Morgan fingerprint density at radius 3 is 1.78 bits per heavy atom. The van der Waals surface area contributed by atoms with Crippen molar-refractivity contribution in [2.24, 2.45) is 40.9 Å². The Bertz CT molecular complexity index is 5510. The van der Waals surface area contributed by atoms with Crippen molar-refractivity contribution in [1.82, 2.24) is 4.98 Å². The third-order valence-electron chi connectivity index (χ3n) is 14.5. The molecule has 504 valence electrons. The molecule has 0 bridgehead atoms. The molecule has 1 aromatic heterocycles. The average Bonchev–Trinajstić information content (AvgIpc) is 1.63. The number of nitrogens with zero attached hydrogens (tertiary/aromatic N) is 9. The number of nitrogens with one attached hydrogen (secondary N) is 1. The second-order valence-corrected chi connectivity index (χ2v) is 27.6. The minimum absolute atomic E-state index is 0.0379. The lowest BCUT2D eigenvalue weighted by Crippen LogP contribution is -2.01. The van der Waals surface area contributed by atoms with E-state index < -0.39 is 63.1 Å². The summed E-state index contributed by atoms with van der Waals surface area (Å²) in [4.78, 5) is 3.22. The fourth-order valence-corrected chi connectivity index (χ4v) is 14.5. The molecule has 98 heavy (non-hydrogen) atoms. The number of aromatic nitrogens is 1. The Morgan fingerprint density at radius 1 is 0.551 bits per heavy atom. The highest BCUT2D eigenvalue weighted by molar-refractivity contribution is 7.95. The Hall–Kier alpha value is -9.78. The van der Waals surface area contributed by atoms with E-state index in [0.717, 1.165) is 29.5 Å². The van der Waals surface area contributed by atoms with Gasteiger partial charge in [-0.25, -0.2) is 15.5 Å². The van der Waals surface area contributed by atoms with E-state index in [1.54, 1.807) is 87.5 Å². The zero-order valence-electron chi connectivity index (χ0n) is 50.5. The first-order chi connectivity index (χ1) is 46.7. The predicted octanol–water partition coefficient (Wildman–Crippen LogP) is 16.8. The number of rotatable bonds is 24. The second-order valence-electron chi connectivity index (χ2n) is 20.9. The summed E-state index contributed by atoms with van der Waals surface area (Å²) in [6, 6.07) is 32.4. The lowest BCUT2D eigenvalue weighted by Gasteiger charge is -2.13. The Kier molecular flexibility index (Phi) is 20.4. The molecule has 1 heterocycles.